The number of rotatable bonds is 7. The summed E-state index contributed by atoms with van der Waals surface area (Å²) in [5, 5.41) is 16.8. The Kier molecular flexibility index (Phi) is 7.72. The number of carbonyl (C=O) groups excluding carboxylic acids is 1. The Morgan fingerprint density at radius 3 is 2.76 bits per heavy atom. The van der Waals surface area contributed by atoms with E-state index in [0.717, 1.165) is 88.2 Å². The molecular weight excluding hydrogens is 637 g/mol. The van der Waals surface area contributed by atoms with Crippen LogP contribution >= 0.6 is 0 Å². The van der Waals surface area contributed by atoms with Crippen LogP contribution in [0.15, 0.2) is 30.5 Å². The molecule has 4 unspecified atom stereocenters. The van der Waals surface area contributed by atoms with E-state index in [1.54, 1.807) is 32.4 Å². The predicted molar refractivity (Wildman–Crippen MR) is 188 cm³/mol. The van der Waals surface area contributed by atoms with Crippen molar-refractivity contribution in [1.82, 2.24) is 30.1 Å². The third-order valence-electron chi connectivity index (χ3n) is 11.9. The van der Waals surface area contributed by atoms with Gasteiger partial charge in [0.25, 0.3) is 0 Å². The SMILES string of the molecule is CN(C)C(=O)OCC1CCC2(COc3nc(N4CC5CCC(C4)N5)c4cnc(-c5cc(O)cc6ccc7c(c56)CCC7)c(F)c4n3)CCCN12. The van der Waals surface area contributed by atoms with Crippen LogP contribution in [0.25, 0.3) is 32.9 Å². The molecule has 12 heteroatoms. The molecule has 0 radical (unpaired) electrons. The molecule has 4 aliphatic heterocycles. The molecule has 50 heavy (non-hydrogen) atoms. The first-order valence-electron chi connectivity index (χ1n) is 18.1. The zero-order chi connectivity index (χ0) is 34.1. The van der Waals surface area contributed by atoms with Gasteiger partial charge in [0, 0.05) is 57.1 Å². The minimum Gasteiger partial charge on any atom is -0.508 e. The van der Waals surface area contributed by atoms with E-state index in [1.165, 1.54) is 16.0 Å². The summed E-state index contributed by atoms with van der Waals surface area (Å²) in [6.07, 6.45) is 10.3. The van der Waals surface area contributed by atoms with Crippen LogP contribution in [0.4, 0.5) is 15.0 Å². The summed E-state index contributed by atoms with van der Waals surface area (Å²) in [5.74, 6) is 0.173. The number of aryl methyl sites for hydroxylation is 2. The molecule has 4 aromatic rings. The minimum atomic E-state index is -0.541. The first-order valence-corrected chi connectivity index (χ1v) is 18.1. The fraction of sp³-hybridized carbons (Fsp3) is 0.526. The Balaban J connectivity index is 1.10. The van der Waals surface area contributed by atoms with E-state index in [2.05, 4.69) is 21.2 Å². The monoisotopic (exact) mass is 681 g/mol. The average Bonchev–Trinajstić information content (AvgIpc) is 3.90. The van der Waals surface area contributed by atoms with Crippen molar-refractivity contribution in [3.05, 3.63) is 47.4 Å². The molecule has 2 aromatic heterocycles. The van der Waals surface area contributed by atoms with Crippen LogP contribution in [0.2, 0.25) is 0 Å². The summed E-state index contributed by atoms with van der Waals surface area (Å²) in [5.41, 5.74) is 3.17. The third kappa shape index (κ3) is 5.30. The second-order valence-corrected chi connectivity index (χ2v) is 15.2. The molecule has 4 fully saturated rings. The van der Waals surface area contributed by atoms with Gasteiger partial charge in [-0.15, -0.1) is 0 Å². The summed E-state index contributed by atoms with van der Waals surface area (Å²) < 4.78 is 29.2. The van der Waals surface area contributed by atoms with Crippen LogP contribution in [0.1, 0.15) is 56.1 Å². The molecule has 4 saturated heterocycles. The molecule has 6 heterocycles. The van der Waals surface area contributed by atoms with Gasteiger partial charge in [-0.05, 0) is 98.4 Å². The van der Waals surface area contributed by atoms with Crippen molar-refractivity contribution >= 4 is 33.6 Å². The number of phenolic OH excluding ortho intramolecular Hbond substituents is 1. The summed E-state index contributed by atoms with van der Waals surface area (Å²) in [6, 6.07) is 8.48. The molecule has 9 rings (SSSR count). The molecule has 11 nitrogen and oxygen atoms in total. The fourth-order valence-corrected chi connectivity index (χ4v) is 9.50. The number of pyridine rings is 1. The lowest BCUT2D eigenvalue weighted by atomic mass is 9.94. The van der Waals surface area contributed by atoms with Crippen LogP contribution in [-0.2, 0) is 17.6 Å². The lowest BCUT2D eigenvalue weighted by molar-refractivity contribution is 0.0484. The van der Waals surface area contributed by atoms with Gasteiger partial charge in [-0.1, -0.05) is 12.1 Å². The Hall–Kier alpha value is -4.29. The number of aromatic hydroxyl groups is 1. The molecule has 2 bridgehead atoms. The van der Waals surface area contributed by atoms with Crippen molar-refractivity contribution < 1.29 is 23.8 Å². The Labute approximate surface area is 290 Å². The van der Waals surface area contributed by atoms with Crippen LogP contribution < -0.4 is 15.0 Å². The molecule has 0 spiro atoms. The number of nitrogens with zero attached hydrogens (tertiary/aromatic N) is 6. The highest BCUT2D eigenvalue weighted by Gasteiger charge is 2.50. The molecule has 0 saturated carbocycles. The predicted octanol–water partition coefficient (Wildman–Crippen LogP) is 5.19. The number of carbonyl (C=O) groups is 1. The highest BCUT2D eigenvalue weighted by Crippen LogP contribution is 2.44. The van der Waals surface area contributed by atoms with Crippen LogP contribution in [0.5, 0.6) is 11.8 Å². The first-order chi connectivity index (χ1) is 24.3. The number of halogens is 1. The van der Waals surface area contributed by atoms with Crippen molar-refractivity contribution in [1.29, 1.82) is 0 Å². The van der Waals surface area contributed by atoms with Crippen molar-refractivity contribution in [2.75, 3.05) is 51.8 Å². The Bertz CT molecular complexity index is 2000. The van der Waals surface area contributed by atoms with Gasteiger partial charge >= 0.3 is 12.1 Å². The molecular formula is C38H44FN7O4. The van der Waals surface area contributed by atoms with E-state index in [4.69, 9.17) is 24.4 Å². The van der Waals surface area contributed by atoms with Crippen LogP contribution in [-0.4, -0.2) is 107 Å². The number of hydrogen-bond acceptors (Lipinski definition) is 10. The zero-order valence-corrected chi connectivity index (χ0v) is 28.8. The number of aromatic nitrogens is 3. The number of amides is 1. The van der Waals surface area contributed by atoms with Gasteiger partial charge in [0.2, 0.25) is 0 Å². The van der Waals surface area contributed by atoms with E-state index < -0.39 is 5.82 Å². The molecule has 4 atom stereocenters. The summed E-state index contributed by atoms with van der Waals surface area (Å²) in [4.78, 5) is 32.7. The molecule has 2 aromatic carbocycles. The fourth-order valence-electron chi connectivity index (χ4n) is 9.50. The van der Waals surface area contributed by atoms with Gasteiger partial charge in [-0.25, -0.2) is 9.18 Å². The quantitative estimate of drug-likeness (QED) is 0.270. The Morgan fingerprint density at radius 1 is 1.10 bits per heavy atom. The maximum absolute atomic E-state index is 17.1. The van der Waals surface area contributed by atoms with Crippen LogP contribution in [0.3, 0.4) is 0 Å². The van der Waals surface area contributed by atoms with E-state index in [-0.39, 0.29) is 40.6 Å². The second-order valence-electron chi connectivity index (χ2n) is 15.2. The van der Waals surface area contributed by atoms with Crippen molar-refractivity contribution in [3.8, 4) is 23.0 Å². The number of benzene rings is 2. The van der Waals surface area contributed by atoms with Crippen molar-refractivity contribution in [2.24, 2.45) is 0 Å². The second kappa shape index (κ2) is 12.2. The molecule has 262 valence electrons. The summed E-state index contributed by atoms with van der Waals surface area (Å²) in [7, 11) is 3.38. The van der Waals surface area contributed by atoms with Crippen molar-refractivity contribution in [2.45, 2.75) is 81.5 Å². The van der Waals surface area contributed by atoms with E-state index in [9.17, 15) is 9.90 Å². The molecule has 2 N–H and O–H groups in total. The van der Waals surface area contributed by atoms with E-state index >= 15 is 4.39 Å². The van der Waals surface area contributed by atoms with Gasteiger partial charge in [-0.3, -0.25) is 9.88 Å². The number of hydrogen-bond donors (Lipinski definition) is 2. The highest BCUT2D eigenvalue weighted by molar-refractivity contribution is 6.02. The minimum absolute atomic E-state index is 0.0714. The Morgan fingerprint density at radius 2 is 1.94 bits per heavy atom. The average molecular weight is 682 g/mol. The van der Waals surface area contributed by atoms with Crippen molar-refractivity contribution in [3.63, 3.8) is 0 Å². The lowest BCUT2D eigenvalue weighted by Crippen LogP contribution is -2.51. The molecule has 1 amide bonds. The number of piperazine rings is 1. The van der Waals surface area contributed by atoms with Crippen LogP contribution in [0, 0.1) is 5.82 Å². The molecule has 1 aliphatic carbocycles. The number of phenols is 1. The number of nitrogens with one attached hydrogen (secondary N) is 1. The number of ether oxygens (including phenoxy) is 2. The number of fused-ring (bicyclic) bond motifs is 7. The largest absolute Gasteiger partial charge is 0.508 e. The van der Waals surface area contributed by atoms with Gasteiger partial charge in [-0.2, -0.15) is 9.97 Å². The normalized spacial score (nSPS) is 25.7. The van der Waals surface area contributed by atoms with Gasteiger partial charge in [0.1, 0.15) is 36.0 Å². The first kappa shape index (κ1) is 31.7. The smallest absolute Gasteiger partial charge is 0.409 e. The lowest BCUT2D eigenvalue weighted by Gasteiger charge is -2.35. The topological polar surface area (TPSA) is 116 Å². The third-order valence-corrected chi connectivity index (χ3v) is 11.9. The maximum Gasteiger partial charge on any atom is 0.409 e. The summed E-state index contributed by atoms with van der Waals surface area (Å²) >= 11 is 0. The standard InChI is InChI=1S/C38H44FN7O4/c1-44(2)37(48)49-20-26-11-13-38(12-4-14-46(26)38)21-50-36-42-34-30(35(43-36)45-18-24-9-10-25(19-45)41-24)17-40-33(32(34)39)29-16-27(47)15-23-8-7-22-5-3-6-28(22)31(23)29/h7-8,15-17,24-26,41,47H,3-6,9-14,18-21H2,1-2H3. The van der Waals surface area contributed by atoms with E-state index in [0.29, 0.717) is 42.1 Å². The maximum atomic E-state index is 17.1. The number of anilines is 1. The summed E-state index contributed by atoms with van der Waals surface area (Å²) in [6.45, 7) is 3.15. The van der Waals surface area contributed by atoms with Gasteiger partial charge in [0.15, 0.2) is 5.82 Å². The van der Waals surface area contributed by atoms with Gasteiger partial charge < -0.3 is 29.7 Å². The molecule has 5 aliphatic rings. The zero-order valence-electron chi connectivity index (χ0n) is 28.8. The van der Waals surface area contributed by atoms with Gasteiger partial charge in [0.05, 0.1) is 10.9 Å². The highest BCUT2D eigenvalue weighted by atomic mass is 19.1. The van der Waals surface area contributed by atoms with E-state index in [1.807, 2.05) is 6.07 Å².